The molecule has 0 radical (unpaired) electrons. The van der Waals surface area contributed by atoms with Gasteiger partial charge in [-0.05, 0) is 49.2 Å². The second-order valence-corrected chi connectivity index (χ2v) is 9.49. The maximum absolute atomic E-state index is 12.8. The molecule has 28 heavy (non-hydrogen) atoms. The highest BCUT2D eigenvalue weighted by Gasteiger charge is 2.44. The third kappa shape index (κ3) is 4.92. The summed E-state index contributed by atoms with van der Waals surface area (Å²) in [6.07, 6.45) is -0.0747. The van der Waals surface area contributed by atoms with Crippen LogP contribution in [0.25, 0.3) is 0 Å². The van der Waals surface area contributed by atoms with Crippen molar-refractivity contribution >= 4 is 21.6 Å². The molecule has 0 amide bonds. The molecule has 1 heterocycles. The number of β-amino-alcohol motifs (C(OH)–C–C–N with tert-alkyl or cyclic N) is 1. The fourth-order valence-corrected chi connectivity index (χ4v) is 5.00. The molecule has 1 fully saturated rings. The first-order chi connectivity index (χ1) is 13.3. The topological polar surface area (TPSA) is 89.9 Å². The monoisotopic (exact) mass is 424 g/mol. The van der Waals surface area contributed by atoms with Crippen LogP contribution >= 0.6 is 11.6 Å². The summed E-state index contributed by atoms with van der Waals surface area (Å²) < 4.78 is 26.9. The predicted molar refractivity (Wildman–Crippen MR) is 109 cm³/mol. The lowest BCUT2D eigenvalue weighted by molar-refractivity contribution is -0.104. The number of hydrogen-bond donors (Lipinski definition) is 3. The molecule has 0 aromatic heterocycles. The van der Waals surface area contributed by atoms with Crippen LogP contribution in [-0.2, 0) is 16.4 Å². The number of nitrogens with one attached hydrogen (secondary N) is 1. The number of sulfonamides is 1. The van der Waals surface area contributed by atoms with Gasteiger partial charge in [0.1, 0.15) is 5.60 Å². The Morgan fingerprint density at radius 2 is 1.82 bits per heavy atom. The fraction of sp³-hybridized carbons (Fsp3) is 0.400. The highest BCUT2D eigenvalue weighted by atomic mass is 35.5. The van der Waals surface area contributed by atoms with Crippen LogP contribution in [0.2, 0.25) is 5.02 Å². The van der Waals surface area contributed by atoms with Crippen molar-refractivity contribution in [1.29, 1.82) is 0 Å². The Kier molecular flexibility index (Phi) is 6.75. The number of aliphatic hydroxyl groups excluding tert-OH is 1. The van der Waals surface area contributed by atoms with E-state index in [9.17, 15) is 18.6 Å². The van der Waals surface area contributed by atoms with Gasteiger partial charge in [-0.3, -0.25) is 0 Å². The van der Waals surface area contributed by atoms with Gasteiger partial charge in [-0.25, -0.2) is 8.42 Å². The summed E-state index contributed by atoms with van der Waals surface area (Å²) in [6.45, 7) is 0.704. The molecule has 0 saturated carbocycles. The molecule has 2 aromatic carbocycles. The van der Waals surface area contributed by atoms with Crippen molar-refractivity contribution in [3.63, 3.8) is 0 Å². The van der Waals surface area contributed by atoms with Crippen LogP contribution in [0, 0.1) is 0 Å². The Labute approximate surface area is 170 Å². The van der Waals surface area contributed by atoms with E-state index in [0.717, 1.165) is 12.0 Å². The normalized spacial score (nSPS) is 23.6. The van der Waals surface area contributed by atoms with Gasteiger partial charge in [-0.15, -0.1) is 0 Å². The van der Waals surface area contributed by atoms with Crippen molar-refractivity contribution in [1.82, 2.24) is 9.62 Å². The summed E-state index contributed by atoms with van der Waals surface area (Å²) in [5, 5.41) is 25.0. The van der Waals surface area contributed by atoms with Crippen LogP contribution in [0.1, 0.15) is 12.0 Å². The van der Waals surface area contributed by atoms with Crippen molar-refractivity contribution in [3.05, 3.63) is 65.2 Å². The zero-order chi connectivity index (χ0) is 20.2. The van der Waals surface area contributed by atoms with Gasteiger partial charge < -0.3 is 15.5 Å². The predicted octanol–water partition coefficient (Wildman–Crippen LogP) is 1.66. The largest absolute Gasteiger partial charge is 0.390 e. The molecule has 1 aliphatic heterocycles. The Hall–Kier alpha value is -1.48. The van der Waals surface area contributed by atoms with E-state index in [2.05, 4.69) is 5.32 Å². The number of halogens is 1. The van der Waals surface area contributed by atoms with Crippen LogP contribution in [0.15, 0.2) is 59.5 Å². The molecule has 0 unspecified atom stereocenters. The first-order valence-corrected chi connectivity index (χ1v) is 11.0. The van der Waals surface area contributed by atoms with Crippen LogP contribution in [-0.4, -0.2) is 60.8 Å². The van der Waals surface area contributed by atoms with Gasteiger partial charge in [0.2, 0.25) is 10.0 Å². The van der Waals surface area contributed by atoms with Gasteiger partial charge in [0.25, 0.3) is 0 Å². The summed E-state index contributed by atoms with van der Waals surface area (Å²) >= 11 is 5.87. The minimum atomic E-state index is -3.71. The van der Waals surface area contributed by atoms with E-state index in [1.54, 1.807) is 18.2 Å². The van der Waals surface area contributed by atoms with Crippen molar-refractivity contribution < 1.29 is 18.6 Å². The standard InChI is InChI=1S/C20H25ClN2O4S/c21-17-8-6-16(7-9-17)10-12-22-14-20(25)15-23(13-11-19(20)24)28(26,27)18-4-2-1-3-5-18/h1-9,19,22,24-25H,10-15H2/t19-,20+/m0/s1. The van der Waals surface area contributed by atoms with Gasteiger partial charge in [0.15, 0.2) is 0 Å². The molecule has 0 bridgehead atoms. The Morgan fingerprint density at radius 1 is 1.14 bits per heavy atom. The third-order valence-electron chi connectivity index (χ3n) is 5.04. The summed E-state index contributed by atoms with van der Waals surface area (Å²) in [7, 11) is -3.71. The highest BCUT2D eigenvalue weighted by molar-refractivity contribution is 7.89. The molecular weight excluding hydrogens is 400 g/mol. The quantitative estimate of drug-likeness (QED) is 0.588. The number of rotatable bonds is 7. The second kappa shape index (κ2) is 8.90. The first-order valence-electron chi connectivity index (χ1n) is 9.22. The molecule has 3 N–H and O–H groups in total. The van der Waals surface area contributed by atoms with Crippen molar-refractivity contribution in [2.45, 2.75) is 29.4 Å². The molecule has 2 aromatic rings. The Bertz CT molecular complexity index is 877. The summed E-state index contributed by atoms with van der Waals surface area (Å²) in [5.74, 6) is 0. The van der Waals surface area contributed by atoms with Crippen molar-refractivity contribution in [3.8, 4) is 0 Å². The van der Waals surface area contributed by atoms with E-state index >= 15 is 0 Å². The lowest BCUT2D eigenvalue weighted by atomic mass is 9.90. The van der Waals surface area contributed by atoms with Crippen LogP contribution in [0.3, 0.4) is 0 Å². The zero-order valence-electron chi connectivity index (χ0n) is 15.5. The second-order valence-electron chi connectivity index (χ2n) is 7.11. The number of piperidine rings is 1. The molecule has 1 saturated heterocycles. The summed E-state index contributed by atoms with van der Waals surface area (Å²) in [5.41, 5.74) is -0.443. The highest BCUT2D eigenvalue weighted by Crippen LogP contribution is 2.26. The van der Waals surface area contributed by atoms with Gasteiger partial charge in [0.05, 0.1) is 11.0 Å². The average Bonchev–Trinajstić information content (AvgIpc) is 2.69. The first kappa shape index (κ1) is 21.2. The van der Waals surface area contributed by atoms with Gasteiger partial charge >= 0.3 is 0 Å². The van der Waals surface area contributed by atoms with Gasteiger partial charge in [-0.1, -0.05) is 41.9 Å². The minimum absolute atomic E-state index is 0.0998. The van der Waals surface area contributed by atoms with Crippen molar-refractivity contribution in [2.24, 2.45) is 0 Å². The van der Waals surface area contributed by atoms with Gasteiger partial charge in [-0.2, -0.15) is 4.31 Å². The van der Waals surface area contributed by atoms with Gasteiger partial charge in [0, 0.05) is 24.7 Å². The number of aliphatic hydroxyl groups is 2. The zero-order valence-corrected chi connectivity index (χ0v) is 17.0. The lowest BCUT2D eigenvalue weighted by Gasteiger charge is -2.42. The van der Waals surface area contributed by atoms with E-state index < -0.39 is 21.7 Å². The van der Waals surface area contributed by atoms with E-state index in [-0.39, 0.29) is 31.0 Å². The summed E-state index contributed by atoms with van der Waals surface area (Å²) in [6, 6.07) is 15.6. The third-order valence-corrected chi connectivity index (χ3v) is 7.15. The minimum Gasteiger partial charge on any atom is -0.390 e. The molecule has 0 aliphatic carbocycles. The lowest BCUT2D eigenvalue weighted by Crippen LogP contribution is -2.62. The summed E-state index contributed by atoms with van der Waals surface area (Å²) in [4.78, 5) is 0.185. The molecule has 1 aliphatic rings. The molecule has 8 heteroatoms. The fourth-order valence-electron chi connectivity index (χ4n) is 3.33. The van der Waals surface area contributed by atoms with E-state index in [1.165, 1.54) is 16.4 Å². The van der Waals surface area contributed by atoms with Crippen LogP contribution in [0.4, 0.5) is 0 Å². The average molecular weight is 425 g/mol. The van der Waals surface area contributed by atoms with E-state index in [0.29, 0.717) is 11.6 Å². The molecule has 6 nitrogen and oxygen atoms in total. The number of benzene rings is 2. The molecule has 3 rings (SSSR count). The Balaban J connectivity index is 1.60. The molecular formula is C20H25ClN2O4S. The smallest absolute Gasteiger partial charge is 0.243 e. The molecule has 2 atom stereocenters. The van der Waals surface area contributed by atoms with Crippen molar-refractivity contribution in [2.75, 3.05) is 26.2 Å². The molecule has 0 spiro atoms. The number of hydrogen-bond acceptors (Lipinski definition) is 5. The number of nitrogens with zero attached hydrogens (tertiary/aromatic N) is 1. The Morgan fingerprint density at radius 3 is 2.50 bits per heavy atom. The maximum atomic E-state index is 12.8. The van der Waals surface area contributed by atoms with Crippen LogP contribution < -0.4 is 5.32 Å². The van der Waals surface area contributed by atoms with E-state index in [1.807, 2.05) is 24.3 Å². The molecule has 152 valence electrons. The van der Waals surface area contributed by atoms with Crippen LogP contribution in [0.5, 0.6) is 0 Å². The maximum Gasteiger partial charge on any atom is 0.243 e. The van der Waals surface area contributed by atoms with E-state index in [4.69, 9.17) is 11.6 Å². The SMILES string of the molecule is O=S(=O)(c1ccccc1)N1CC[C@H](O)[C@@](O)(CNCCc2ccc(Cl)cc2)C1.